The first kappa shape index (κ1) is 14.5. The van der Waals surface area contributed by atoms with Gasteiger partial charge in [-0.25, -0.2) is 0 Å². The number of nitrogens with one attached hydrogen (secondary N) is 1. The third-order valence-corrected chi connectivity index (χ3v) is 4.63. The molecule has 19 heavy (non-hydrogen) atoms. The number of likely N-dealkylation sites (N-methyl/N-ethyl adjacent to an activating group) is 1. The zero-order valence-corrected chi connectivity index (χ0v) is 12.4. The monoisotopic (exact) mass is 261 g/mol. The van der Waals surface area contributed by atoms with Gasteiger partial charge in [-0.05, 0) is 24.9 Å². The average Bonchev–Trinajstić information content (AvgIpc) is 2.98. The maximum Gasteiger partial charge on any atom is 0.0510 e. The summed E-state index contributed by atoms with van der Waals surface area (Å²) in [5.74, 6) is 1.90. The standard InChI is InChI=1S/C17H27NO/c1-4-13(2)16(14-8-6-5-7-9-14)17(18-3)15-10-11-19-12-15/h5-9,13,15-18H,4,10-12H2,1-3H3. The number of ether oxygens (including phenoxy) is 1. The van der Waals surface area contributed by atoms with Crippen LogP contribution in [0.5, 0.6) is 0 Å². The molecule has 1 N–H and O–H groups in total. The van der Waals surface area contributed by atoms with Crippen LogP contribution in [0.3, 0.4) is 0 Å². The second-order valence-corrected chi connectivity index (χ2v) is 5.76. The van der Waals surface area contributed by atoms with E-state index < -0.39 is 0 Å². The minimum atomic E-state index is 0.514. The third-order valence-electron chi connectivity index (χ3n) is 4.63. The SMILES string of the molecule is CCC(C)C(c1ccccc1)C(NC)C1CCOC1. The van der Waals surface area contributed by atoms with Crippen LogP contribution in [0.25, 0.3) is 0 Å². The highest BCUT2D eigenvalue weighted by Gasteiger charge is 2.34. The molecule has 0 amide bonds. The van der Waals surface area contributed by atoms with Gasteiger partial charge in [-0.3, -0.25) is 0 Å². The summed E-state index contributed by atoms with van der Waals surface area (Å²) < 4.78 is 5.60. The van der Waals surface area contributed by atoms with E-state index in [1.807, 2.05) is 0 Å². The summed E-state index contributed by atoms with van der Waals surface area (Å²) in [4.78, 5) is 0. The molecule has 0 spiro atoms. The van der Waals surface area contributed by atoms with E-state index in [1.165, 1.54) is 18.4 Å². The fourth-order valence-electron chi connectivity index (χ4n) is 3.36. The highest BCUT2D eigenvalue weighted by molar-refractivity contribution is 5.22. The minimum absolute atomic E-state index is 0.514. The second kappa shape index (κ2) is 7.06. The van der Waals surface area contributed by atoms with Crippen LogP contribution < -0.4 is 5.32 Å². The van der Waals surface area contributed by atoms with E-state index in [-0.39, 0.29) is 0 Å². The van der Waals surface area contributed by atoms with Crippen LogP contribution >= 0.6 is 0 Å². The Labute approximate surface area is 117 Å². The number of benzene rings is 1. The molecule has 2 nitrogen and oxygen atoms in total. The Morgan fingerprint density at radius 2 is 2.05 bits per heavy atom. The summed E-state index contributed by atoms with van der Waals surface area (Å²) in [6, 6.07) is 11.5. The quantitative estimate of drug-likeness (QED) is 0.847. The Bertz CT molecular complexity index is 359. The molecular weight excluding hydrogens is 234 g/mol. The molecule has 1 saturated heterocycles. The van der Waals surface area contributed by atoms with Gasteiger partial charge in [0.05, 0.1) is 6.61 Å². The summed E-state index contributed by atoms with van der Waals surface area (Å²) >= 11 is 0. The van der Waals surface area contributed by atoms with Gasteiger partial charge in [0.2, 0.25) is 0 Å². The van der Waals surface area contributed by atoms with Crippen molar-refractivity contribution in [2.75, 3.05) is 20.3 Å². The van der Waals surface area contributed by atoms with Gasteiger partial charge in [-0.1, -0.05) is 50.6 Å². The largest absolute Gasteiger partial charge is 0.381 e. The number of hydrogen-bond donors (Lipinski definition) is 1. The van der Waals surface area contributed by atoms with Crippen LogP contribution in [0.1, 0.15) is 38.2 Å². The van der Waals surface area contributed by atoms with Crippen molar-refractivity contribution in [3.8, 4) is 0 Å². The van der Waals surface area contributed by atoms with Crippen molar-refractivity contribution < 1.29 is 4.74 Å². The van der Waals surface area contributed by atoms with E-state index in [0.29, 0.717) is 23.8 Å². The van der Waals surface area contributed by atoms with E-state index in [9.17, 15) is 0 Å². The average molecular weight is 261 g/mol. The molecule has 1 aromatic carbocycles. The predicted octanol–water partition coefficient (Wildman–Crippen LogP) is 3.44. The van der Waals surface area contributed by atoms with E-state index in [4.69, 9.17) is 4.74 Å². The van der Waals surface area contributed by atoms with Gasteiger partial charge in [-0.2, -0.15) is 0 Å². The Morgan fingerprint density at radius 1 is 1.32 bits per heavy atom. The molecule has 4 atom stereocenters. The highest BCUT2D eigenvalue weighted by atomic mass is 16.5. The fraction of sp³-hybridized carbons (Fsp3) is 0.647. The van der Waals surface area contributed by atoms with Crippen molar-refractivity contribution in [2.45, 2.75) is 38.6 Å². The van der Waals surface area contributed by atoms with Gasteiger partial charge in [0.1, 0.15) is 0 Å². The van der Waals surface area contributed by atoms with Crippen molar-refractivity contribution in [2.24, 2.45) is 11.8 Å². The Morgan fingerprint density at radius 3 is 2.58 bits per heavy atom. The van der Waals surface area contributed by atoms with Crippen LogP contribution in [0.15, 0.2) is 30.3 Å². The molecule has 0 aliphatic carbocycles. The zero-order valence-electron chi connectivity index (χ0n) is 12.4. The molecule has 1 aliphatic heterocycles. The van der Waals surface area contributed by atoms with Gasteiger partial charge < -0.3 is 10.1 Å². The summed E-state index contributed by atoms with van der Waals surface area (Å²) in [5.41, 5.74) is 1.46. The van der Waals surface area contributed by atoms with Crippen molar-refractivity contribution in [1.82, 2.24) is 5.32 Å². The van der Waals surface area contributed by atoms with Crippen molar-refractivity contribution in [1.29, 1.82) is 0 Å². The lowest BCUT2D eigenvalue weighted by Crippen LogP contribution is -2.41. The second-order valence-electron chi connectivity index (χ2n) is 5.76. The van der Waals surface area contributed by atoms with E-state index in [2.05, 4.69) is 56.5 Å². The first-order valence-corrected chi connectivity index (χ1v) is 7.57. The summed E-state index contributed by atoms with van der Waals surface area (Å²) in [6.45, 7) is 6.49. The van der Waals surface area contributed by atoms with Crippen LogP contribution in [-0.2, 0) is 4.74 Å². The predicted molar refractivity (Wildman–Crippen MR) is 80.4 cm³/mol. The molecule has 1 aromatic rings. The van der Waals surface area contributed by atoms with Crippen molar-refractivity contribution >= 4 is 0 Å². The van der Waals surface area contributed by atoms with E-state index in [1.54, 1.807) is 0 Å². The third kappa shape index (κ3) is 3.37. The molecule has 2 heteroatoms. The fourth-order valence-corrected chi connectivity index (χ4v) is 3.36. The van der Waals surface area contributed by atoms with Gasteiger partial charge in [0, 0.05) is 24.5 Å². The molecule has 1 aliphatic rings. The molecule has 2 rings (SSSR count). The molecule has 1 fully saturated rings. The molecule has 0 aromatic heterocycles. The molecule has 1 heterocycles. The molecule has 0 bridgehead atoms. The van der Waals surface area contributed by atoms with Crippen LogP contribution in [-0.4, -0.2) is 26.3 Å². The topological polar surface area (TPSA) is 21.3 Å². The van der Waals surface area contributed by atoms with Gasteiger partial charge in [-0.15, -0.1) is 0 Å². The highest BCUT2D eigenvalue weighted by Crippen LogP contribution is 2.35. The van der Waals surface area contributed by atoms with Gasteiger partial charge in [0.15, 0.2) is 0 Å². The molecule has 0 saturated carbocycles. The van der Waals surface area contributed by atoms with Crippen LogP contribution in [0, 0.1) is 11.8 Å². The lowest BCUT2D eigenvalue weighted by Gasteiger charge is -2.35. The van der Waals surface area contributed by atoms with Crippen molar-refractivity contribution in [3.05, 3.63) is 35.9 Å². The van der Waals surface area contributed by atoms with E-state index in [0.717, 1.165) is 13.2 Å². The van der Waals surface area contributed by atoms with Crippen molar-refractivity contribution in [3.63, 3.8) is 0 Å². The van der Waals surface area contributed by atoms with Crippen LogP contribution in [0.2, 0.25) is 0 Å². The zero-order chi connectivity index (χ0) is 13.7. The van der Waals surface area contributed by atoms with Gasteiger partial charge in [0.25, 0.3) is 0 Å². The van der Waals surface area contributed by atoms with Crippen LogP contribution in [0.4, 0.5) is 0 Å². The molecule has 106 valence electrons. The van der Waals surface area contributed by atoms with E-state index >= 15 is 0 Å². The first-order valence-electron chi connectivity index (χ1n) is 7.57. The number of rotatable bonds is 6. The summed E-state index contributed by atoms with van der Waals surface area (Å²) in [6.07, 6.45) is 2.40. The normalized spacial score (nSPS) is 24.1. The summed E-state index contributed by atoms with van der Waals surface area (Å²) in [7, 11) is 2.10. The maximum atomic E-state index is 5.60. The Balaban J connectivity index is 2.25. The number of hydrogen-bond acceptors (Lipinski definition) is 2. The molecular formula is C17H27NO. The first-order chi connectivity index (χ1) is 9.27. The lowest BCUT2D eigenvalue weighted by atomic mass is 9.75. The molecule has 4 unspecified atom stereocenters. The lowest BCUT2D eigenvalue weighted by molar-refractivity contribution is 0.168. The molecule has 0 radical (unpaired) electrons. The van der Waals surface area contributed by atoms with Gasteiger partial charge >= 0.3 is 0 Å². The smallest absolute Gasteiger partial charge is 0.0510 e. The Kier molecular flexibility index (Phi) is 5.41. The Hall–Kier alpha value is -0.860. The summed E-state index contributed by atoms with van der Waals surface area (Å²) in [5, 5.41) is 3.58. The minimum Gasteiger partial charge on any atom is -0.381 e. The maximum absolute atomic E-state index is 5.60.